The Morgan fingerprint density at radius 3 is 3.00 bits per heavy atom. The predicted molar refractivity (Wildman–Crippen MR) is 95.3 cm³/mol. The molecule has 1 atom stereocenters. The van der Waals surface area contributed by atoms with Gasteiger partial charge in [0, 0.05) is 32.8 Å². The fourth-order valence-electron chi connectivity index (χ4n) is 2.80. The van der Waals surface area contributed by atoms with Gasteiger partial charge in [0.2, 0.25) is 5.89 Å². The Kier molecular flexibility index (Phi) is 6.03. The van der Waals surface area contributed by atoms with Gasteiger partial charge >= 0.3 is 0 Å². The second-order valence-corrected chi connectivity index (χ2v) is 5.80. The van der Waals surface area contributed by atoms with E-state index in [1.54, 1.807) is 20.4 Å². The lowest BCUT2D eigenvalue weighted by molar-refractivity contribution is -0.0447. The van der Waals surface area contributed by atoms with E-state index in [-0.39, 0.29) is 6.10 Å². The molecule has 134 valence electrons. The second kappa shape index (κ2) is 8.64. The predicted octanol–water partition coefficient (Wildman–Crippen LogP) is 1.76. The lowest BCUT2D eigenvalue weighted by Gasteiger charge is -2.34. The van der Waals surface area contributed by atoms with E-state index in [1.165, 1.54) is 0 Å². The van der Waals surface area contributed by atoms with Crippen molar-refractivity contribution in [3.63, 3.8) is 0 Å². The number of aromatic nitrogens is 1. The van der Waals surface area contributed by atoms with Crippen molar-refractivity contribution in [2.24, 2.45) is 4.99 Å². The molecule has 1 saturated heterocycles. The van der Waals surface area contributed by atoms with Crippen LogP contribution in [0.3, 0.4) is 0 Å². The van der Waals surface area contributed by atoms with Crippen molar-refractivity contribution in [1.82, 2.24) is 15.2 Å². The molecule has 2 heterocycles. The van der Waals surface area contributed by atoms with Gasteiger partial charge in [0.15, 0.2) is 5.96 Å². The number of benzene rings is 1. The van der Waals surface area contributed by atoms with Crippen LogP contribution in [-0.2, 0) is 16.0 Å². The normalized spacial score (nSPS) is 18.4. The van der Waals surface area contributed by atoms with Crippen LogP contribution < -0.4 is 5.32 Å². The molecule has 1 aliphatic heterocycles. The lowest BCUT2D eigenvalue weighted by atomic mass is 10.2. The minimum absolute atomic E-state index is 0.0639. The fourth-order valence-corrected chi connectivity index (χ4v) is 2.80. The van der Waals surface area contributed by atoms with Crippen LogP contribution >= 0.6 is 0 Å². The Hall–Kier alpha value is -2.38. The van der Waals surface area contributed by atoms with E-state index in [0.717, 1.165) is 30.3 Å². The third-order valence-electron chi connectivity index (χ3n) is 4.00. The highest BCUT2D eigenvalue weighted by Gasteiger charge is 2.22. The number of methoxy groups -OCH3 is 1. The van der Waals surface area contributed by atoms with Crippen LogP contribution in [0.25, 0.3) is 11.5 Å². The summed E-state index contributed by atoms with van der Waals surface area (Å²) in [6.07, 6.45) is 1.74. The average Bonchev–Trinajstić information content (AvgIpc) is 3.13. The summed E-state index contributed by atoms with van der Waals surface area (Å²) in [5, 5.41) is 3.34. The lowest BCUT2D eigenvalue weighted by Crippen LogP contribution is -2.51. The third kappa shape index (κ3) is 4.58. The molecule has 0 spiro atoms. The summed E-state index contributed by atoms with van der Waals surface area (Å²) in [6.45, 7) is 3.35. The summed E-state index contributed by atoms with van der Waals surface area (Å²) >= 11 is 0. The minimum atomic E-state index is 0.0639. The number of hydrogen-bond donors (Lipinski definition) is 1. The first-order valence-corrected chi connectivity index (χ1v) is 8.36. The number of ether oxygens (including phenoxy) is 2. The topological polar surface area (TPSA) is 72.1 Å². The van der Waals surface area contributed by atoms with E-state index in [1.807, 2.05) is 30.3 Å². The van der Waals surface area contributed by atoms with Gasteiger partial charge in [-0.2, -0.15) is 0 Å². The molecule has 0 saturated carbocycles. The van der Waals surface area contributed by atoms with E-state index < -0.39 is 0 Å². The maximum atomic E-state index is 5.68. The average molecular weight is 344 g/mol. The number of guanidine groups is 1. The quantitative estimate of drug-likeness (QED) is 0.658. The number of hydrogen-bond acceptors (Lipinski definition) is 5. The van der Waals surface area contributed by atoms with Gasteiger partial charge < -0.3 is 24.1 Å². The molecule has 1 fully saturated rings. The Morgan fingerprint density at radius 2 is 2.24 bits per heavy atom. The van der Waals surface area contributed by atoms with Gasteiger partial charge in [0.05, 0.1) is 31.6 Å². The van der Waals surface area contributed by atoms with Gasteiger partial charge in [-0.3, -0.25) is 4.99 Å². The van der Waals surface area contributed by atoms with Gasteiger partial charge in [-0.1, -0.05) is 18.2 Å². The minimum Gasteiger partial charge on any atom is -0.444 e. The molecular formula is C18H24N4O3. The molecule has 1 aromatic heterocycles. The molecule has 1 N–H and O–H groups in total. The SMILES string of the molecule is CN=C(NCc1coc(-c2ccccc2)n1)N1CCOC(COC)C1. The van der Waals surface area contributed by atoms with Crippen LogP contribution in [0.5, 0.6) is 0 Å². The number of oxazole rings is 1. The fraction of sp³-hybridized carbons (Fsp3) is 0.444. The third-order valence-corrected chi connectivity index (χ3v) is 4.00. The van der Waals surface area contributed by atoms with Crippen LogP contribution in [0, 0.1) is 0 Å². The Bertz CT molecular complexity index is 685. The largest absolute Gasteiger partial charge is 0.444 e. The van der Waals surface area contributed by atoms with Gasteiger partial charge in [-0.25, -0.2) is 4.98 Å². The molecule has 0 amide bonds. The summed E-state index contributed by atoms with van der Waals surface area (Å²) in [7, 11) is 3.46. The van der Waals surface area contributed by atoms with E-state index in [2.05, 4.69) is 20.2 Å². The van der Waals surface area contributed by atoms with E-state index in [0.29, 0.717) is 25.6 Å². The summed E-state index contributed by atoms with van der Waals surface area (Å²) < 4.78 is 16.4. The van der Waals surface area contributed by atoms with E-state index in [9.17, 15) is 0 Å². The molecule has 1 unspecified atom stereocenters. The monoisotopic (exact) mass is 344 g/mol. The van der Waals surface area contributed by atoms with Crippen LogP contribution in [0.1, 0.15) is 5.69 Å². The number of morpholine rings is 1. The molecule has 7 nitrogen and oxygen atoms in total. The molecule has 0 aliphatic carbocycles. The van der Waals surface area contributed by atoms with Crippen molar-refractivity contribution in [1.29, 1.82) is 0 Å². The summed E-state index contributed by atoms with van der Waals surface area (Å²) in [5.74, 6) is 1.45. The molecule has 7 heteroatoms. The van der Waals surface area contributed by atoms with Crippen molar-refractivity contribution >= 4 is 5.96 Å². The zero-order valence-electron chi connectivity index (χ0n) is 14.6. The van der Waals surface area contributed by atoms with Crippen molar-refractivity contribution in [3.05, 3.63) is 42.3 Å². The number of nitrogens with zero attached hydrogens (tertiary/aromatic N) is 3. The molecule has 1 aromatic carbocycles. The standard InChI is InChI=1S/C18H24N4O3/c1-19-18(22-8-9-24-16(11-22)13-23-2)20-10-15-12-25-17(21-15)14-6-4-3-5-7-14/h3-7,12,16H,8-11,13H2,1-2H3,(H,19,20). The highest BCUT2D eigenvalue weighted by molar-refractivity contribution is 5.80. The van der Waals surface area contributed by atoms with Crippen LogP contribution in [0.15, 0.2) is 46.0 Å². The first-order valence-electron chi connectivity index (χ1n) is 8.36. The van der Waals surface area contributed by atoms with Crippen molar-refractivity contribution in [2.45, 2.75) is 12.6 Å². The van der Waals surface area contributed by atoms with Crippen LogP contribution in [0.2, 0.25) is 0 Å². The summed E-state index contributed by atoms with van der Waals surface area (Å²) in [6, 6.07) is 9.86. The zero-order valence-corrected chi connectivity index (χ0v) is 14.6. The second-order valence-electron chi connectivity index (χ2n) is 5.80. The first-order chi connectivity index (χ1) is 12.3. The van der Waals surface area contributed by atoms with Gasteiger partial charge in [0.1, 0.15) is 6.26 Å². The van der Waals surface area contributed by atoms with E-state index in [4.69, 9.17) is 13.9 Å². The molecule has 25 heavy (non-hydrogen) atoms. The zero-order chi connectivity index (χ0) is 17.5. The number of nitrogens with one attached hydrogen (secondary N) is 1. The smallest absolute Gasteiger partial charge is 0.226 e. The van der Waals surface area contributed by atoms with Crippen molar-refractivity contribution < 1.29 is 13.9 Å². The summed E-state index contributed by atoms with van der Waals surface area (Å²) in [4.78, 5) is 11.1. The molecule has 0 bridgehead atoms. The Morgan fingerprint density at radius 1 is 1.40 bits per heavy atom. The van der Waals surface area contributed by atoms with Gasteiger partial charge in [-0.05, 0) is 12.1 Å². The highest BCUT2D eigenvalue weighted by Crippen LogP contribution is 2.17. The van der Waals surface area contributed by atoms with Crippen molar-refractivity contribution in [2.75, 3.05) is 40.5 Å². The molecule has 2 aromatic rings. The maximum absolute atomic E-state index is 5.68. The Labute approximate surface area is 147 Å². The van der Waals surface area contributed by atoms with Gasteiger partial charge in [0.25, 0.3) is 0 Å². The van der Waals surface area contributed by atoms with Crippen LogP contribution in [-0.4, -0.2) is 62.4 Å². The first kappa shape index (κ1) is 17.4. The summed E-state index contributed by atoms with van der Waals surface area (Å²) in [5.41, 5.74) is 1.80. The molecule has 3 rings (SSSR count). The van der Waals surface area contributed by atoms with Gasteiger partial charge in [-0.15, -0.1) is 0 Å². The number of aliphatic imine (C=N–C) groups is 1. The highest BCUT2D eigenvalue weighted by atomic mass is 16.5. The van der Waals surface area contributed by atoms with Crippen LogP contribution in [0.4, 0.5) is 0 Å². The molecule has 1 aliphatic rings. The Balaban J connectivity index is 1.57. The maximum Gasteiger partial charge on any atom is 0.226 e. The molecular weight excluding hydrogens is 320 g/mol. The number of rotatable bonds is 5. The molecule has 0 radical (unpaired) electrons. The van der Waals surface area contributed by atoms with Crippen molar-refractivity contribution in [3.8, 4) is 11.5 Å². The van der Waals surface area contributed by atoms with E-state index >= 15 is 0 Å².